The molecule has 1 fully saturated rings. The molecule has 0 bridgehead atoms. The van der Waals surface area contributed by atoms with Gasteiger partial charge in [-0.05, 0) is 6.07 Å². The van der Waals surface area contributed by atoms with E-state index in [0.717, 1.165) is 0 Å². The number of nitrogens with two attached hydrogens (primary N) is 1. The fourth-order valence-electron chi connectivity index (χ4n) is 1.82. The molecule has 6 heteroatoms. The van der Waals surface area contributed by atoms with E-state index in [4.69, 9.17) is 15.6 Å². The lowest BCUT2D eigenvalue weighted by molar-refractivity contribution is -0.138. The van der Waals surface area contributed by atoms with Crippen LogP contribution in [0.3, 0.4) is 0 Å². The molecule has 1 atom stereocenters. The molecular formula is C11H15N3O3. The van der Waals surface area contributed by atoms with Crippen LogP contribution in [-0.2, 0) is 9.53 Å². The van der Waals surface area contributed by atoms with Crippen LogP contribution in [0.1, 0.15) is 11.6 Å². The molecule has 17 heavy (non-hydrogen) atoms. The average Bonchev–Trinajstić information content (AvgIpc) is 2.39. The highest BCUT2D eigenvalue weighted by atomic mass is 16.5. The molecule has 0 aromatic carbocycles. The second-order valence-electron chi connectivity index (χ2n) is 3.83. The minimum atomic E-state index is -1.05. The zero-order chi connectivity index (χ0) is 12.3. The molecule has 6 nitrogen and oxygen atoms in total. The van der Waals surface area contributed by atoms with Gasteiger partial charge in [-0.1, -0.05) is 6.07 Å². The Morgan fingerprint density at radius 3 is 2.88 bits per heavy atom. The van der Waals surface area contributed by atoms with Gasteiger partial charge in [0.1, 0.15) is 11.9 Å². The Morgan fingerprint density at radius 2 is 2.24 bits per heavy atom. The second kappa shape index (κ2) is 5.11. The summed E-state index contributed by atoms with van der Waals surface area (Å²) in [5.74, 6) is -0.404. The lowest BCUT2D eigenvalue weighted by Gasteiger charge is -2.29. The third-order valence-electron chi connectivity index (χ3n) is 2.73. The molecule has 2 rings (SSSR count). The number of aromatic nitrogens is 1. The minimum absolute atomic E-state index is 0.543. The first-order valence-electron chi connectivity index (χ1n) is 5.46. The summed E-state index contributed by atoms with van der Waals surface area (Å²) in [5.41, 5.74) is 6.19. The summed E-state index contributed by atoms with van der Waals surface area (Å²) in [6.07, 6.45) is 1.64. The van der Waals surface area contributed by atoms with Crippen LogP contribution in [0.4, 0.5) is 5.82 Å². The number of aliphatic carboxylic acids is 1. The smallest absolute Gasteiger partial charge is 0.325 e. The summed E-state index contributed by atoms with van der Waals surface area (Å²) in [4.78, 5) is 17.2. The van der Waals surface area contributed by atoms with Crippen LogP contribution >= 0.6 is 0 Å². The number of pyridine rings is 1. The van der Waals surface area contributed by atoms with Crippen LogP contribution < -0.4 is 10.6 Å². The number of ether oxygens (including phenoxy) is 1. The van der Waals surface area contributed by atoms with E-state index in [9.17, 15) is 4.79 Å². The molecule has 2 heterocycles. The monoisotopic (exact) mass is 237 g/mol. The summed E-state index contributed by atoms with van der Waals surface area (Å²) >= 11 is 0. The van der Waals surface area contributed by atoms with E-state index in [1.165, 1.54) is 0 Å². The molecule has 0 saturated carbocycles. The predicted octanol–water partition coefficient (Wildman–Crippen LogP) is 0.00260. The van der Waals surface area contributed by atoms with Crippen molar-refractivity contribution in [3.63, 3.8) is 0 Å². The normalized spacial score (nSPS) is 17.8. The number of carbonyl (C=O) groups is 1. The van der Waals surface area contributed by atoms with Gasteiger partial charge in [-0.3, -0.25) is 4.79 Å². The molecule has 3 N–H and O–H groups in total. The zero-order valence-corrected chi connectivity index (χ0v) is 9.37. The first-order valence-corrected chi connectivity index (χ1v) is 5.46. The van der Waals surface area contributed by atoms with Gasteiger partial charge in [-0.25, -0.2) is 4.98 Å². The van der Waals surface area contributed by atoms with Crippen LogP contribution in [0, 0.1) is 0 Å². The molecule has 0 radical (unpaired) electrons. The number of carboxylic acid groups (broad SMARTS) is 1. The molecular weight excluding hydrogens is 222 g/mol. The number of nitrogens with zero attached hydrogens (tertiary/aromatic N) is 2. The van der Waals surface area contributed by atoms with E-state index >= 15 is 0 Å². The Morgan fingerprint density at radius 1 is 1.53 bits per heavy atom. The summed E-state index contributed by atoms with van der Waals surface area (Å²) < 4.78 is 5.25. The van der Waals surface area contributed by atoms with E-state index in [2.05, 4.69) is 4.98 Å². The van der Waals surface area contributed by atoms with Crippen LogP contribution in [0.25, 0.3) is 0 Å². The Balaban J connectivity index is 2.29. The molecule has 1 aromatic rings. The van der Waals surface area contributed by atoms with Crippen molar-refractivity contribution in [1.29, 1.82) is 0 Å². The largest absolute Gasteiger partial charge is 0.480 e. The highest BCUT2D eigenvalue weighted by Gasteiger charge is 2.22. The van der Waals surface area contributed by atoms with Crippen molar-refractivity contribution in [2.75, 3.05) is 31.2 Å². The number of hydrogen-bond donors (Lipinski definition) is 2. The number of carboxylic acids is 1. The van der Waals surface area contributed by atoms with Gasteiger partial charge in [0.15, 0.2) is 0 Å². The molecule has 1 aliphatic rings. The van der Waals surface area contributed by atoms with Crippen LogP contribution in [-0.4, -0.2) is 42.4 Å². The quantitative estimate of drug-likeness (QED) is 0.769. The lowest BCUT2D eigenvalue weighted by atomic mass is 10.1. The van der Waals surface area contributed by atoms with Gasteiger partial charge < -0.3 is 20.5 Å². The van der Waals surface area contributed by atoms with Crippen molar-refractivity contribution in [1.82, 2.24) is 4.98 Å². The van der Waals surface area contributed by atoms with E-state index in [0.29, 0.717) is 37.7 Å². The van der Waals surface area contributed by atoms with Crippen LogP contribution in [0.2, 0.25) is 0 Å². The summed E-state index contributed by atoms with van der Waals surface area (Å²) in [6, 6.07) is 2.36. The fourth-order valence-corrected chi connectivity index (χ4v) is 1.82. The van der Waals surface area contributed by atoms with Crippen molar-refractivity contribution in [2.24, 2.45) is 5.73 Å². The highest BCUT2D eigenvalue weighted by Crippen LogP contribution is 2.23. The van der Waals surface area contributed by atoms with Crippen molar-refractivity contribution < 1.29 is 14.6 Å². The maximum atomic E-state index is 10.9. The fraction of sp³-hybridized carbons (Fsp3) is 0.455. The number of morpholine rings is 1. The van der Waals surface area contributed by atoms with Gasteiger partial charge >= 0.3 is 5.97 Å². The van der Waals surface area contributed by atoms with Crippen molar-refractivity contribution in [2.45, 2.75) is 6.04 Å². The molecule has 1 saturated heterocycles. The Labute approximate surface area is 99.0 Å². The summed E-state index contributed by atoms with van der Waals surface area (Å²) in [5, 5.41) is 8.96. The summed E-state index contributed by atoms with van der Waals surface area (Å²) in [7, 11) is 0. The van der Waals surface area contributed by atoms with Gasteiger partial charge in [-0.2, -0.15) is 0 Å². The maximum absolute atomic E-state index is 10.9. The van der Waals surface area contributed by atoms with Crippen molar-refractivity contribution >= 4 is 11.8 Å². The first kappa shape index (κ1) is 11.8. The molecule has 1 unspecified atom stereocenters. The topological polar surface area (TPSA) is 88.7 Å². The maximum Gasteiger partial charge on any atom is 0.325 e. The van der Waals surface area contributed by atoms with E-state index < -0.39 is 12.0 Å². The average molecular weight is 237 g/mol. The third-order valence-corrected chi connectivity index (χ3v) is 2.73. The molecule has 0 amide bonds. The molecule has 1 aromatic heterocycles. The SMILES string of the molecule is NC(C(=O)O)c1cccnc1N1CCOCC1. The lowest BCUT2D eigenvalue weighted by Crippen LogP contribution is -2.38. The van der Waals surface area contributed by atoms with E-state index in [1.54, 1.807) is 18.3 Å². The standard InChI is InChI=1S/C11H15N3O3/c12-9(11(15)16)8-2-1-3-13-10(8)14-4-6-17-7-5-14/h1-3,9H,4-7,12H2,(H,15,16). The van der Waals surface area contributed by atoms with Gasteiger partial charge in [0.05, 0.1) is 13.2 Å². The zero-order valence-electron chi connectivity index (χ0n) is 9.37. The van der Waals surface area contributed by atoms with Crippen molar-refractivity contribution in [3.05, 3.63) is 23.9 Å². The van der Waals surface area contributed by atoms with Gasteiger partial charge in [0.25, 0.3) is 0 Å². The van der Waals surface area contributed by atoms with Crippen molar-refractivity contribution in [3.8, 4) is 0 Å². The van der Waals surface area contributed by atoms with E-state index in [-0.39, 0.29) is 0 Å². The number of rotatable bonds is 3. The van der Waals surface area contributed by atoms with Gasteiger partial charge in [0, 0.05) is 24.8 Å². The Bertz CT molecular complexity index is 405. The second-order valence-corrected chi connectivity index (χ2v) is 3.83. The first-order chi connectivity index (χ1) is 8.20. The molecule has 0 aliphatic carbocycles. The van der Waals surface area contributed by atoms with Gasteiger partial charge in [0.2, 0.25) is 0 Å². The molecule has 92 valence electrons. The van der Waals surface area contributed by atoms with Crippen LogP contribution in [0.5, 0.6) is 0 Å². The molecule has 0 spiro atoms. The van der Waals surface area contributed by atoms with E-state index in [1.807, 2.05) is 4.90 Å². The number of hydrogen-bond acceptors (Lipinski definition) is 5. The number of anilines is 1. The Kier molecular flexibility index (Phi) is 3.55. The predicted molar refractivity (Wildman–Crippen MR) is 61.8 cm³/mol. The summed E-state index contributed by atoms with van der Waals surface area (Å²) in [6.45, 7) is 2.66. The highest BCUT2D eigenvalue weighted by molar-refractivity contribution is 5.77. The van der Waals surface area contributed by atoms with Crippen LogP contribution in [0.15, 0.2) is 18.3 Å². The third kappa shape index (κ3) is 2.54. The van der Waals surface area contributed by atoms with Gasteiger partial charge in [-0.15, -0.1) is 0 Å². The molecule has 1 aliphatic heterocycles. The Hall–Kier alpha value is -1.66. The minimum Gasteiger partial charge on any atom is -0.480 e.